The Morgan fingerprint density at radius 2 is 1.70 bits per heavy atom. The third-order valence-electron chi connectivity index (χ3n) is 4.71. The first-order valence-corrected chi connectivity index (χ1v) is 10.8. The van der Waals surface area contributed by atoms with Gasteiger partial charge in [-0.05, 0) is 60.2 Å². The van der Waals surface area contributed by atoms with Gasteiger partial charge in [-0.2, -0.15) is 0 Å². The average Bonchev–Trinajstić information content (AvgIpc) is 2.83. The number of carbonyl (C=O) groups is 2. The number of rotatable bonds is 8. The van der Waals surface area contributed by atoms with Crippen molar-refractivity contribution in [3.05, 3.63) is 118 Å². The number of halogens is 1. The third-order valence-corrected chi connectivity index (χ3v) is 5.20. The lowest BCUT2D eigenvalue weighted by atomic mass is 10.0. The number of aromatic carboxylic acids is 1. The second-order valence-corrected chi connectivity index (χ2v) is 7.97. The minimum Gasteiger partial charge on any atom is -0.487 e. The number of hydrogen-bond acceptors (Lipinski definition) is 5. The van der Waals surface area contributed by atoms with Crippen molar-refractivity contribution in [3.8, 4) is 17.2 Å². The van der Waals surface area contributed by atoms with Gasteiger partial charge >= 0.3 is 5.97 Å². The lowest BCUT2D eigenvalue weighted by Gasteiger charge is -2.10. The van der Waals surface area contributed by atoms with E-state index in [1.165, 1.54) is 24.4 Å². The van der Waals surface area contributed by atoms with Gasteiger partial charge in [0.2, 0.25) is 5.78 Å². The van der Waals surface area contributed by atoms with Crippen LogP contribution in [0.25, 0.3) is 0 Å². The van der Waals surface area contributed by atoms with Crippen molar-refractivity contribution in [1.29, 1.82) is 0 Å². The molecule has 0 aliphatic heterocycles. The molecule has 1 aromatic heterocycles. The first-order valence-electron chi connectivity index (χ1n) is 9.98. The highest BCUT2D eigenvalue weighted by Crippen LogP contribution is 2.27. The Kier molecular flexibility index (Phi) is 6.80. The SMILES string of the molecule is O=C(c1ccc(Oc2ccccc2)c(C(=O)O)c1)c1ccc(OCc2cccc(Br)c2)cn1. The first-order chi connectivity index (χ1) is 16.0. The average molecular weight is 504 g/mol. The number of carbonyl (C=O) groups excluding carboxylic acids is 1. The van der Waals surface area contributed by atoms with Gasteiger partial charge in [0.1, 0.15) is 35.1 Å². The van der Waals surface area contributed by atoms with Crippen LogP contribution >= 0.6 is 15.9 Å². The van der Waals surface area contributed by atoms with Crippen LogP contribution < -0.4 is 9.47 Å². The molecule has 0 saturated carbocycles. The fourth-order valence-corrected chi connectivity index (χ4v) is 3.53. The predicted molar refractivity (Wildman–Crippen MR) is 126 cm³/mol. The van der Waals surface area contributed by atoms with Crippen LogP contribution in [-0.2, 0) is 6.61 Å². The van der Waals surface area contributed by atoms with Gasteiger partial charge in [-0.15, -0.1) is 0 Å². The Bertz CT molecular complexity index is 1290. The summed E-state index contributed by atoms with van der Waals surface area (Å²) in [5.74, 6) is -0.430. The molecule has 3 aromatic carbocycles. The molecule has 7 heteroatoms. The Morgan fingerprint density at radius 1 is 0.879 bits per heavy atom. The molecule has 164 valence electrons. The molecule has 0 aliphatic rings. The number of nitrogens with zero attached hydrogens (tertiary/aromatic N) is 1. The van der Waals surface area contributed by atoms with E-state index in [4.69, 9.17) is 9.47 Å². The van der Waals surface area contributed by atoms with Crippen LogP contribution in [0.2, 0.25) is 0 Å². The van der Waals surface area contributed by atoms with Gasteiger partial charge in [-0.3, -0.25) is 4.79 Å². The lowest BCUT2D eigenvalue weighted by Crippen LogP contribution is -2.07. The van der Waals surface area contributed by atoms with Gasteiger partial charge in [0.05, 0.1) is 6.20 Å². The third kappa shape index (κ3) is 5.64. The Hall–Kier alpha value is -3.97. The van der Waals surface area contributed by atoms with E-state index >= 15 is 0 Å². The minimum atomic E-state index is -1.19. The second kappa shape index (κ2) is 10.1. The van der Waals surface area contributed by atoms with E-state index in [1.807, 2.05) is 30.3 Å². The predicted octanol–water partition coefficient (Wildman–Crippen LogP) is 6.14. The van der Waals surface area contributed by atoms with Crippen LogP contribution in [0.1, 0.15) is 32.0 Å². The van der Waals surface area contributed by atoms with Crippen molar-refractivity contribution in [2.45, 2.75) is 6.61 Å². The monoisotopic (exact) mass is 503 g/mol. The normalized spacial score (nSPS) is 10.5. The maximum Gasteiger partial charge on any atom is 0.339 e. The number of aromatic nitrogens is 1. The van der Waals surface area contributed by atoms with Crippen LogP contribution in [0.4, 0.5) is 0 Å². The summed E-state index contributed by atoms with van der Waals surface area (Å²) in [5, 5.41) is 9.60. The van der Waals surface area contributed by atoms with Crippen LogP contribution in [0, 0.1) is 0 Å². The Morgan fingerprint density at radius 3 is 2.39 bits per heavy atom. The van der Waals surface area contributed by atoms with Gasteiger partial charge in [-0.25, -0.2) is 9.78 Å². The van der Waals surface area contributed by atoms with E-state index in [2.05, 4.69) is 20.9 Å². The highest BCUT2D eigenvalue weighted by Gasteiger charge is 2.18. The zero-order chi connectivity index (χ0) is 23.2. The van der Waals surface area contributed by atoms with Gasteiger partial charge in [0, 0.05) is 10.0 Å². The number of hydrogen-bond donors (Lipinski definition) is 1. The summed E-state index contributed by atoms with van der Waals surface area (Å²) in [6.45, 7) is 0.360. The van der Waals surface area contributed by atoms with Gasteiger partial charge in [0.15, 0.2) is 0 Å². The summed E-state index contributed by atoms with van der Waals surface area (Å²) in [6, 6.07) is 24.1. The molecule has 1 heterocycles. The van der Waals surface area contributed by atoms with Crippen molar-refractivity contribution in [2.24, 2.45) is 0 Å². The van der Waals surface area contributed by atoms with Crippen molar-refractivity contribution in [1.82, 2.24) is 4.98 Å². The molecule has 33 heavy (non-hydrogen) atoms. The van der Waals surface area contributed by atoms with Crippen molar-refractivity contribution in [2.75, 3.05) is 0 Å². The quantitative estimate of drug-likeness (QED) is 0.290. The minimum absolute atomic E-state index is 0.112. The van der Waals surface area contributed by atoms with Crippen molar-refractivity contribution >= 4 is 27.7 Å². The lowest BCUT2D eigenvalue weighted by molar-refractivity contribution is 0.0694. The molecule has 0 saturated heterocycles. The summed E-state index contributed by atoms with van der Waals surface area (Å²) in [5.41, 5.74) is 1.25. The smallest absolute Gasteiger partial charge is 0.339 e. The molecule has 6 nitrogen and oxygen atoms in total. The van der Waals surface area contributed by atoms with Gasteiger partial charge in [0.25, 0.3) is 0 Å². The topological polar surface area (TPSA) is 85.7 Å². The van der Waals surface area contributed by atoms with Crippen molar-refractivity contribution in [3.63, 3.8) is 0 Å². The fraction of sp³-hybridized carbons (Fsp3) is 0.0385. The highest BCUT2D eigenvalue weighted by molar-refractivity contribution is 9.10. The maximum atomic E-state index is 12.9. The molecule has 0 aliphatic carbocycles. The molecule has 0 bridgehead atoms. The molecule has 0 radical (unpaired) electrons. The number of pyridine rings is 1. The highest BCUT2D eigenvalue weighted by atomic mass is 79.9. The summed E-state index contributed by atoms with van der Waals surface area (Å²) >= 11 is 3.42. The fourth-order valence-electron chi connectivity index (χ4n) is 3.08. The summed E-state index contributed by atoms with van der Waals surface area (Å²) in [7, 11) is 0. The summed E-state index contributed by atoms with van der Waals surface area (Å²) in [4.78, 5) is 28.8. The molecular weight excluding hydrogens is 486 g/mol. The first kappa shape index (κ1) is 22.2. The van der Waals surface area contributed by atoms with Crippen LogP contribution in [0.3, 0.4) is 0 Å². The van der Waals surface area contributed by atoms with Crippen LogP contribution in [0.5, 0.6) is 17.2 Å². The summed E-state index contributed by atoms with van der Waals surface area (Å²) < 4.78 is 12.4. The number of carboxylic acid groups (broad SMARTS) is 1. The Balaban J connectivity index is 1.49. The molecular formula is C26H18BrNO5. The van der Waals surface area contributed by atoms with E-state index in [0.717, 1.165) is 10.0 Å². The number of para-hydroxylation sites is 1. The molecule has 4 aromatic rings. The largest absolute Gasteiger partial charge is 0.487 e. The maximum absolute atomic E-state index is 12.9. The molecule has 0 unspecified atom stereocenters. The molecule has 0 atom stereocenters. The summed E-state index contributed by atoms with van der Waals surface area (Å²) in [6.07, 6.45) is 1.47. The van der Waals surface area contributed by atoms with Crippen LogP contribution in [-0.4, -0.2) is 21.8 Å². The van der Waals surface area contributed by atoms with Crippen molar-refractivity contribution < 1.29 is 24.2 Å². The van der Waals surface area contributed by atoms with E-state index in [0.29, 0.717) is 18.1 Å². The molecule has 0 spiro atoms. The molecule has 4 rings (SSSR count). The Labute approximate surface area is 198 Å². The second-order valence-electron chi connectivity index (χ2n) is 7.06. The molecule has 0 amide bonds. The number of carboxylic acids is 1. The number of ether oxygens (including phenoxy) is 2. The van der Waals surface area contributed by atoms with Gasteiger partial charge < -0.3 is 14.6 Å². The standard InChI is InChI=1S/C26H18BrNO5/c27-19-6-4-5-17(13-19)16-32-21-10-11-23(28-15-21)25(29)18-9-12-24(22(14-18)26(30)31)33-20-7-2-1-3-8-20/h1-15H,16H2,(H,30,31). The van der Waals surface area contributed by atoms with Gasteiger partial charge in [-0.1, -0.05) is 46.3 Å². The number of benzene rings is 3. The number of ketones is 1. The zero-order valence-electron chi connectivity index (χ0n) is 17.3. The van der Waals surface area contributed by atoms with E-state index in [9.17, 15) is 14.7 Å². The molecule has 0 fully saturated rings. The van der Waals surface area contributed by atoms with Crippen LogP contribution in [0.15, 0.2) is 95.6 Å². The van der Waals surface area contributed by atoms with E-state index in [-0.39, 0.29) is 22.6 Å². The molecule has 1 N–H and O–H groups in total. The van der Waals surface area contributed by atoms with E-state index < -0.39 is 11.8 Å². The zero-order valence-corrected chi connectivity index (χ0v) is 18.9. The van der Waals surface area contributed by atoms with E-state index in [1.54, 1.807) is 36.4 Å².